The van der Waals surface area contributed by atoms with E-state index in [2.05, 4.69) is 20.7 Å². The van der Waals surface area contributed by atoms with Crippen LogP contribution in [0.3, 0.4) is 0 Å². The van der Waals surface area contributed by atoms with E-state index >= 15 is 0 Å². The number of hydrogen-bond acceptors (Lipinski definition) is 6. The van der Waals surface area contributed by atoms with Gasteiger partial charge in [-0.25, -0.2) is 0 Å². The number of anilines is 1. The Hall–Kier alpha value is -4.14. The molecule has 2 rings (SSSR count). The first-order chi connectivity index (χ1) is 17.9. The normalized spacial score (nSPS) is 10.8. The van der Waals surface area contributed by atoms with Crippen LogP contribution in [-0.4, -0.2) is 51.5 Å². The second kappa shape index (κ2) is 15.8. The Balaban J connectivity index is 1.99. The number of carbonyl (C=O) groups excluding carboxylic acids is 4. The number of hydrogen-bond donors (Lipinski definition) is 3. The zero-order chi connectivity index (χ0) is 27.0. The van der Waals surface area contributed by atoms with E-state index in [1.807, 2.05) is 37.3 Å². The van der Waals surface area contributed by atoms with Gasteiger partial charge in [-0.3, -0.25) is 19.2 Å². The van der Waals surface area contributed by atoms with Crippen molar-refractivity contribution < 1.29 is 28.7 Å². The van der Waals surface area contributed by atoms with Crippen LogP contribution in [0.5, 0.6) is 5.75 Å². The summed E-state index contributed by atoms with van der Waals surface area (Å²) in [6.07, 6.45) is 4.12. The van der Waals surface area contributed by atoms with Crippen molar-refractivity contribution in [1.82, 2.24) is 10.6 Å². The fraction of sp³-hybridized carbons (Fsp3) is 0.357. The van der Waals surface area contributed by atoms with E-state index < -0.39 is 5.97 Å². The maximum atomic E-state index is 12.8. The zero-order valence-corrected chi connectivity index (χ0v) is 21.6. The molecule has 0 aliphatic rings. The van der Waals surface area contributed by atoms with Gasteiger partial charge in [0.2, 0.25) is 18.2 Å². The second-order valence-corrected chi connectivity index (χ2v) is 8.41. The highest BCUT2D eigenvalue weighted by Gasteiger charge is 2.14. The molecule has 3 amide bonds. The van der Waals surface area contributed by atoms with E-state index in [0.29, 0.717) is 49.3 Å². The van der Waals surface area contributed by atoms with Crippen LogP contribution >= 0.6 is 0 Å². The number of unbranched alkanes of at least 4 members (excludes halogenated alkanes) is 1. The summed E-state index contributed by atoms with van der Waals surface area (Å²) >= 11 is 0. The average molecular weight is 510 g/mol. The van der Waals surface area contributed by atoms with E-state index in [4.69, 9.17) is 4.74 Å². The van der Waals surface area contributed by atoms with Crippen molar-refractivity contribution in [1.29, 1.82) is 0 Å². The van der Waals surface area contributed by atoms with Crippen molar-refractivity contribution in [3.8, 4) is 5.75 Å². The smallest absolute Gasteiger partial charge is 0.306 e. The molecule has 0 bridgehead atoms. The number of benzene rings is 2. The van der Waals surface area contributed by atoms with Gasteiger partial charge < -0.3 is 25.4 Å². The second-order valence-electron chi connectivity index (χ2n) is 8.41. The van der Waals surface area contributed by atoms with Crippen LogP contribution in [-0.2, 0) is 23.9 Å². The highest BCUT2D eigenvalue weighted by Crippen LogP contribution is 2.32. The van der Waals surface area contributed by atoms with Gasteiger partial charge in [0, 0.05) is 30.8 Å². The number of nitrogens with one attached hydrogen (secondary N) is 3. The third-order valence-electron chi connectivity index (χ3n) is 5.59. The van der Waals surface area contributed by atoms with Gasteiger partial charge >= 0.3 is 5.97 Å². The van der Waals surface area contributed by atoms with Crippen molar-refractivity contribution in [3.63, 3.8) is 0 Å². The van der Waals surface area contributed by atoms with Gasteiger partial charge in [-0.1, -0.05) is 35.9 Å². The number of aryl methyl sites for hydroxylation is 1. The molecule has 0 fully saturated rings. The summed E-state index contributed by atoms with van der Waals surface area (Å²) in [6, 6.07) is 13.2. The summed E-state index contributed by atoms with van der Waals surface area (Å²) in [6.45, 7) is 2.91. The zero-order valence-electron chi connectivity index (χ0n) is 21.6. The van der Waals surface area contributed by atoms with Gasteiger partial charge in [0.05, 0.1) is 27.1 Å². The van der Waals surface area contributed by atoms with E-state index in [1.165, 1.54) is 7.11 Å². The lowest BCUT2D eigenvalue weighted by Gasteiger charge is -2.15. The molecule has 0 aromatic heterocycles. The Kier molecular flexibility index (Phi) is 12.4. The molecule has 2 aromatic carbocycles. The largest absolute Gasteiger partial charge is 0.497 e. The fourth-order valence-corrected chi connectivity index (χ4v) is 3.54. The predicted molar refractivity (Wildman–Crippen MR) is 143 cm³/mol. The van der Waals surface area contributed by atoms with Gasteiger partial charge in [-0.05, 0) is 49.1 Å². The first-order valence-electron chi connectivity index (χ1n) is 12.1. The van der Waals surface area contributed by atoms with Crippen LogP contribution in [0.2, 0.25) is 0 Å². The minimum Gasteiger partial charge on any atom is -0.497 e. The molecule has 198 valence electrons. The Morgan fingerprint density at radius 1 is 0.892 bits per heavy atom. The molecule has 0 saturated carbocycles. The standard InChI is InChI=1S/C28H35N3O6/c1-20-6-8-21(9-7-20)16-22(24-18-23(36-2)10-11-25(24)31-19-32)17-27(34)30-15-5-4-14-29-26(33)12-13-28(35)37-3/h6-11,16,18-19H,4-5,12-15,17H2,1-3H3,(H,29,33)(H,30,34)(H,31,32)/b22-16-. The van der Waals surface area contributed by atoms with E-state index in [1.54, 1.807) is 25.3 Å². The molecule has 0 atom stereocenters. The van der Waals surface area contributed by atoms with Crippen molar-refractivity contribution in [3.05, 3.63) is 59.2 Å². The van der Waals surface area contributed by atoms with Gasteiger partial charge in [-0.15, -0.1) is 0 Å². The number of rotatable bonds is 15. The summed E-state index contributed by atoms with van der Waals surface area (Å²) in [5, 5.41) is 8.37. The molecule has 0 unspecified atom stereocenters. The molecule has 0 heterocycles. The minimum atomic E-state index is -0.420. The van der Waals surface area contributed by atoms with Gasteiger partial charge in [0.1, 0.15) is 5.75 Å². The number of carbonyl (C=O) groups is 4. The molecule has 0 radical (unpaired) electrons. The summed E-state index contributed by atoms with van der Waals surface area (Å²) in [5.41, 5.74) is 4.04. The number of methoxy groups -OCH3 is 2. The Labute approximate surface area is 217 Å². The summed E-state index contributed by atoms with van der Waals surface area (Å²) in [4.78, 5) is 46.8. The lowest BCUT2D eigenvalue weighted by molar-refractivity contribution is -0.142. The number of esters is 1. The van der Waals surface area contributed by atoms with Gasteiger partial charge in [-0.2, -0.15) is 0 Å². The molecule has 9 nitrogen and oxygen atoms in total. The first-order valence-corrected chi connectivity index (χ1v) is 12.1. The van der Waals surface area contributed by atoms with Crippen molar-refractivity contribution in [2.24, 2.45) is 0 Å². The SMILES string of the molecule is COC(=O)CCC(=O)NCCCCNC(=O)C/C(=C/c1ccc(C)cc1)c1cc(OC)ccc1NC=O. The van der Waals surface area contributed by atoms with Crippen LogP contribution in [0.1, 0.15) is 48.8 Å². The fourth-order valence-electron chi connectivity index (χ4n) is 3.54. The minimum absolute atomic E-state index is 0.0498. The number of amides is 3. The van der Waals surface area contributed by atoms with Gasteiger partial charge in [0.15, 0.2) is 0 Å². The van der Waals surface area contributed by atoms with Crippen LogP contribution < -0.4 is 20.7 Å². The van der Waals surface area contributed by atoms with Crippen molar-refractivity contribution >= 4 is 41.5 Å². The lowest BCUT2D eigenvalue weighted by Crippen LogP contribution is -2.27. The maximum Gasteiger partial charge on any atom is 0.306 e. The Morgan fingerprint density at radius 2 is 1.57 bits per heavy atom. The Bertz CT molecular complexity index is 1100. The molecular weight excluding hydrogens is 474 g/mol. The summed E-state index contributed by atoms with van der Waals surface area (Å²) in [7, 11) is 2.84. The van der Waals surface area contributed by atoms with Crippen molar-refractivity contribution in [2.45, 2.75) is 39.0 Å². The third kappa shape index (κ3) is 10.6. The molecule has 2 aromatic rings. The van der Waals surface area contributed by atoms with Crippen LogP contribution in [0.4, 0.5) is 5.69 Å². The summed E-state index contributed by atoms with van der Waals surface area (Å²) < 4.78 is 9.88. The predicted octanol–water partition coefficient (Wildman–Crippen LogP) is 3.47. The average Bonchev–Trinajstić information content (AvgIpc) is 2.90. The van der Waals surface area contributed by atoms with Crippen LogP contribution in [0, 0.1) is 6.92 Å². The van der Waals surface area contributed by atoms with Gasteiger partial charge in [0.25, 0.3) is 0 Å². The molecular formula is C28H35N3O6. The van der Waals surface area contributed by atoms with Crippen LogP contribution in [0.25, 0.3) is 11.6 Å². The van der Waals surface area contributed by atoms with E-state index in [0.717, 1.165) is 16.7 Å². The first kappa shape index (κ1) is 29.1. The molecule has 0 spiro atoms. The monoisotopic (exact) mass is 509 g/mol. The van der Waals surface area contributed by atoms with Crippen molar-refractivity contribution in [2.75, 3.05) is 32.6 Å². The topological polar surface area (TPSA) is 123 Å². The molecule has 37 heavy (non-hydrogen) atoms. The molecule has 0 aliphatic carbocycles. The number of ether oxygens (including phenoxy) is 2. The summed E-state index contributed by atoms with van der Waals surface area (Å²) in [5.74, 6) is -0.189. The quantitative estimate of drug-likeness (QED) is 0.146. The third-order valence-corrected chi connectivity index (χ3v) is 5.59. The molecule has 3 N–H and O–H groups in total. The molecule has 0 saturated heterocycles. The molecule has 0 aliphatic heterocycles. The van der Waals surface area contributed by atoms with E-state index in [-0.39, 0.29) is 31.1 Å². The molecule has 9 heteroatoms. The Morgan fingerprint density at radius 3 is 2.19 bits per heavy atom. The van der Waals surface area contributed by atoms with Crippen LogP contribution in [0.15, 0.2) is 42.5 Å². The maximum absolute atomic E-state index is 12.8. The van der Waals surface area contributed by atoms with E-state index in [9.17, 15) is 19.2 Å². The highest BCUT2D eigenvalue weighted by molar-refractivity contribution is 5.98. The highest BCUT2D eigenvalue weighted by atomic mass is 16.5. The lowest BCUT2D eigenvalue weighted by atomic mass is 9.97.